The molecule has 0 bridgehead atoms. The van der Waals surface area contributed by atoms with Gasteiger partial charge in [0.25, 0.3) is 0 Å². The van der Waals surface area contributed by atoms with Gasteiger partial charge in [-0.3, -0.25) is 0 Å². The maximum atomic E-state index is 6.09. The van der Waals surface area contributed by atoms with E-state index in [1.54, 1.807) is 7.11 Å². The van der Waals surface area contributed by atoms with Gasteiger partial charge in [0.15, 0.2) is 0 Å². The normalized spacial score (nSPS) is 11.8. The van der Waals surface area contributed by atoms with E-state index in [0.29, 0.717) is 0 Å². The highest BCUT2D eigenvalue weighted by molar-refractivity contribution is 6.48. The highest BCUT2D eigenvalue weighted by Gasteiger charge is 2.00. The molecule has 2 aromatic rings. The van der Waals surface area contributed by atoms with Crippen LogP contribution in [-0.4, -0.2) is 7.11 Å². The van der Waals surface area contributed by atoms with Crippen molar-refractivity contribution in [3.05, 3.63) is 48.0 Å². The molecule has 0 saturated heterocycles. The molecule has 2 rings (SSSR count). The molecule has 0 unspecified atom stereocenters. The van der Waals surface area contributed by atoms with E-state index >= 15 is 0 Å². The van der Waals surface area contributed by atoms with Crippen LogP contribution in [0.4, 0.5) is 0 Å². The van der Waals surface area contributed by atoms with Crippen molar-refractivity contribution in [1.29, 1.82) is 0 Å². The van der Waals surface area contributed by atoms with E-state index in [1.165, 1.54) is 5.39 Å². The van der Waals surface area contributed by atoms with Crippen molar-refractivity contribution in [3.63, 3.8) is 0 Å². The number of ether oxygens (including phenoxy) is 1. The van der Waals surface area contributed by atoms with Gasteiger partial charge in [-0.25, -0.2) is 0 Å². The molecule has 0 heterocycles. The maximum absolute atomic E-state index is 6.09. The first kappa shape index (κ1) is 11.0. The predicted octanol–water partition coefficient (Wildman–Crippen LogP) is 4.45. The molecule has 2 aromatic carbocycles. The number of rotatable bonds is 2. The number of benzene rings is 2. The zero-order valence-corrected chi connectivity index (χ0v) is 10.1. The molecule has 0 N–H and O–H groups in total. The lowest BCUT2D eigenvalue weighted by Crippen LogP contribution is -1.83. The van der Waals surface area contributed by atoms with Gasteiger partial charge in [-0.15, -0.1) is 0 Å². The Labute approximate surface area is 100 Å². The number of hydrogen-bond donors (Lipinski definition) is 0. The quantitative estimate of drug-likeness (QED) is 0.744. The molecule has 1 nitrogen and oxygen atoms in total. The monoisotopic (exact) mass is 232 g/mol. The molecule has 0 aliphatic rings. The number of allylic oxidation sites excluding steroid dienone is 1. The van der Waals surface area contributed by atoms with Crippen molar-refractivity contribution >= 4 is 27.4 Å². The molecule has 0 saturated carbocycles. The third-order valence-electron chi connectivity index (χ3n) is 2.58. The summed E-state index contributed by atoms with van der Waals surface area (Å²) >= 11 is 6.09. The Bertz CT molecular complexity index is 543. The molecule has 82 valence electrons. The van der Waals surface area contributed by atoms with Gasteiger partial charge in [0, 0.05) is 5.03 Å². The van der Waals surface area contributed by atoms with Crippen molar-refractivity contribution in [2.75, 3.05) is 7.11 Å². The average Bonchev–Trinajstić information content (AvgIpc) is 2.36. The van der Waals surface area contributed by atoms with E-state index in [9.17, 15) is 0 Å². The van der Waals surface area contributed by atoms with Gasteiger partial charge in [0.05, 0.1) is 7.11 Å². The first-order valence-corrected chi connectivity index (χ1v) is 5.52. The Morgan fingerprint density at radius 1 is 1.12 bits per heavy atom. The van der Waals surface area contributed by atoms with Crippen LogP contribution in [0.15, 0.2) is 42.5 Å². The van der Waals surface area contributed by atoms with Crippen LogP contribution in [0.3, 0.4) is 0 Å². The van der Waals surface area contributed by atoms with Crippen LogP contribution in [0.1, 0.15) is 12.5 Å². The van der Waals surface area contributed by atoms with E-state index in [1.807, 2.05) is 37.3 Å². The Hall–Kier alpha value is -1.47. The molecule has 0 spiro atoms. The first-order chi connectivity index (χ1) is 7.74. The number of halogens is 1. The summed E-state index contributed by atoms with van der Waals surface area (Å²) in [5, 5.41) is 3.10. The minimum atomic E-state index is 0.776. The van der Waals surface area contributed by atoms with Crippen molar-refractivity contribution < 1.29 is 4.74 Å². The van der Waals surface area contributed by atoms with Crippen molar-refractivity contribution in [2.45, 2.75) is 6.92 Å². The van der Waals surface area contributed by atoms with E-state index in [4.69, 9.17) is 16.3 Å². The smallest absolute Gasteiger partial charge is 0.119 e. The summed E-state index contributed by atoms with van der Waals surface area (Å²) in [4.78, 5) is 0. The second-order valence-corrected chi connectivity index (χ2v) is 3.97. The molecular weight excluding hydrogens is 220 g/mol. The summed E-state index contributed by atoms with van der Waals surface area (Å²) in [6.45, 7) is 1.93. The topological polar surface area (TPSA) is 9.23 Å². The molecule has 0 amide bonds. The molecule has 2 heteroatoms. The average molecular weight is 233 g/mol. The zero-order chi connectivity index (χ0) is 11.5. The largest absolute Gasteiger partial charge is 0.497 e. The second kappa shape index (κ2) is 4.58. The summed E-state index contributed by atoms with van der Waals surface area (Å²) in [5.41, 5.74) is 1.04. The summed E-state index contributed by atoms with van der Waals surface area (Å²) in [6.07, 6.45) is 1.90. The van der Waals surface area contributed by atoms with Crippen LogP contribution < -0.4 is 4.74 Å². The lowest BCUT2D eigenvalue weighted by molar-refractivity contribution is 0.415. The molecule has 16 heavy (non-hydrogen) atoms. The van der Waals surface area contributed by atoms with Crippen LogP contribution in [0.5, 0.6) is 5.75 Å². The van der Waals surface area contributed by atoms with E-state index in [0.717, 1.165) is 21.7 Å². The first-order valence-electron chi connectivity index (χ1n) is 5.14. The van der Waals surface area contributed by atoms with Gasteiger partial charge in [0.1, 0.15) is 5.75 Å². The van der Waals surface area contributed by atoms with Gasteiger partial charge in [-0.2, -0.15) is 0 Å². The fraction of sp³-hybridized carbons (Fsp3) is 0.143. The number of fused-ring (bicyclic) bond motifs is 1. The van der Waals surface area contributed by atoms with Crippen LogP contribution in [0, 0.1) is 0 Å². The van der Waals surface area contributed by atoms with E-state index < -0.39 is 0 Å². The Morgan fingerprint density at radius 2 is 1.81 bits per heavy atom. The lowest BCUT2D eigenvalue weighted by atomic mass is 10.1. The van der Waals surface area contributed by atoms with Gasteiger partial charge in [-0.05, 0) is 41.5 Å². The minimum Gasteiger partial charge on any atom is -0.497 e. The van der Waals surface area contributed by atoms with Crippen LogP contribution in [-0.2, 0) is 0 Å². The maximum Gasteiger partial charge on any atom is 0.119 e. The second-order valence-electron chi connectivity index (χ2n) is 3.56. The molecule has 0 aromatic heterocycles. The van der Waals surface area contributed by atoms with Gasteiger partial charge < -0.3 is 4.74 Å². The van der Waals surface area contributed by atoms with Crippen LogP contribution >= 0.6 is 11.6 Å². The third-order valence-corrected chi connectivity index (χ3v) is 3.01. The molecule has 0 radical (unpaired) electrons. The highest BCUT2D eigenvalue weighted by Crippen LogP contribution is 2.26. The van der Waals surface area contributed by atoms with Crippen molar-refractivity contribution in [1.82, 2.24) is 0 Å². The molecular formula is C14H13ClO. The SMILES string of the molecule is CC=C(Cl)c1ccc2cc(OC)ccc2c1. The molecule has 0 fully saturated rings. The summed E-state index contributed by atoms with van der Waals surface area (Å²) < 4.78 is 5.18. The van der Waals surface area contributed by atoms with E-state index in [2.05, 4.69) is 12.1 Å². The Balaban J connectivity index is 2.56. The Morgan fingerprint density at radius 3 is 2.50 bits per heavy atom. The van der Waals surface area contributed by atoms with Crippen LogP contribution in [0.2, 0.25) is 0 Å². The summed E-state index contributed by atoms with van der Waals surface area (Å²) in [5.74, 6) is 0.873. The van der Waals surface area contributed by atoms with Crippen LogP contribution in [0.25, 0.3) is 15.8 Å². The van der Waals surface area contributed by atoms with Gasteiger partial charge >= 0.3 is 0 Å². The van der Waals surface area contributed by atoms with Crippen molar-refractivity contribution in [3.8, 4) is 5.75 Å². The highest BCUT2D eigenvalue weighted by atomic mass is 35.5. The fourth-order valence-electron chi connectivity index (χ4n) is 1.67. The van der Waals surface area contributed by atoms with E-state index in [-0.39, 0.29) is 0 Å². The Kier molecular flexibility index (Phi) is 3.16. The van der Waals surface area contributed by atoms with Gasteiger partial charge in [-0.1, -0.05) is 35.9 Å². The fourth-order valence-corrected chi connectivity index (χ4v) is 1.78. The zero-order valence-electron chi connectivity index (χ0n) is 9.33. The molecule has 0 aliphatic heterocycles. The summed E-state index contributed by atoms with van der Waals surface area (Å²) in [7, 11) is 1.67. The molecule has 0 atom stereocenters. The number of hydrogen-bond acceptors (Lipinski definition) is 1. The third kappa shape index (κ3) is 2.05. The summed E-state index contributed by atoms with van der Waals surface area (Å²) in [6, 6.07) is 12.2. The molecule has 0 aliphatic carbocycles. The standard InChI is InChI=1S/C14H13ClO/c1-3-14(15)12-5-4-11-9-13(16-2)7-6-10(11)8-12/h3-9H,1-2H3. The number of methoxy groups -OCH3 is 1. The predicted molar refractivity (Wildman–Crippen MR) is 70.0 cm³/mol. The van der Waals surface area contributed by atoms with Crippen molar-refractivity contribution in [2.24, 2.45) is 0 Å². The lowest BCUT2D eigenvalue weighted by Gasteiger charge is -2.04. The minimum absolute atomic E-state index is 0.776. The van der Waals surface area contributed by atoms with Gasteiger partial charge in [0.2, 0.25) is 0 Å².